The van der Waals surface area contributed by atoms with Crippen LogP contribution in [0.15, 0.2) is 36.4 Å². The summed E-state index contributed by atoms with van der Waals surface area (Å²) >= 11 is 0. The van der Waals surface area contributed by atoms with Gasteiger partial charge in [-0.1, -0.05) is 39.8 Å². The molecule has 4 rings (SSSR count). The minimum atomic E-state index is -0.0493. The van der Waals surface area contributed by atoms with Crippen LogP contribution in [0.1, 0.15) is 49.9 Å². The summed E-state index contributed by atoms with van der Waals surface area (Å²) in [4.78, 5) is 0. The Morgan fingerprint density at radius 1 is 0.741 bits per heavy atom. The van der Waals surface area contributed by atoms with Crippen LogP contribution >= 0.6 is 0 Å². The number of hydrogen-bond acceptors (Lipinski definition) is 4. The zero-order valence-electron chi connectivity index (χ0n) is 16.1. The van der Waals surface area contributed by atoms with Gasteiger partial charge in [0.2, 0.25) is 0 Å². The van der Waals surface area contributed by atoms with E-state index >= 15 is 0 Å². The summed E-state index contributed by atoms with van der Waals surface area (Å²) in [5, 5.41) is 17.7. The number of nitriles is 2. The van der Waals surface area contributed by atoms with Gasteiger partial charge in [-0.05, 0) is 75.6 Å². The Labute approximate surface area is 160 Å². The van der Waals surface area contributed by atoms with Gasteiger partial charge in [0.25, 0.3) is 12.5 Å². The Balaban J connectivity index is 1.84. The summed E-state index contributed by atoms with van der Waals surface area (Å²) in [6.45, 7) is 9.29. The van der Waals surface area contributed by atoms with Crippen molar-refractivity contribution in [3.8, 4) is 24.0 Å². The van der Waals surface area contributed by atoms with E-state index in [1.165, 1.54) is 22.3 Å². The first-order valence-corrected chi connectivity index (χ1v) is 9.15. The van der Waals surface area contributed by atoms with Gasteiger partial charge in [-0.3, -0.25) is 0 Å². The lowest BCUT2D eigenvalue weighted by atomic mass is 9.54. The van der Waals surface area contributed by atoms with Crippen LogP contribution in [0.5, 0.6) is 11.5 Å². The van der Waals surface area contributed by atoms with Gasteiger partial charge in [0.1, 0.15) is 11.5 Å². The van der Waals surface area contributed by atoms with E-state index in [9.17, 15) is 0 Å². The molecule has 0 unspecified atom stereocenters. The molecule has 0 N–H and O–H groups in total. The maximum absolute atomic E-state index is 8.84. The van der Waals surface area contributed by atoms with Gasteiger partial charge in [-0.15, -0.1) is 10.5 Å². The van der Waals surface area contributed by atoms with Gasteiger partial charge in [0.05, 0.1) is 0 Å². The van der Waals surface area contributed by atoms with E-state index in [-0.39, 0.29) is 16.2 Å². The van der Waals surface area contributed by atoms with Crippen LogP contribution in [-0.2, 0) is 23.7 Å². The molecule has 4 heteroatoms. The molecule has 0 heterocycles. The van der Waals surface area contributed by atoms with Crippen LogP contribution in [0.2, 0.25) is 0 Å². The number of fused-ring (bicyclic) bond motifs is 2. The zero-order valence-corrected chi connectivity index (χ0v) is 16.1. The highest BCUT2D eigenvalue weighted by Gasteiger charge is 2.63. The monoisotopic (exact) mass is 358 g/mol. The van der Waals surface area contributed by atoms with Gasteiger partial charge in [0.15, 0.2) is 0 Å². The highest BCUT2D eigenvalue weighted by molar-refractivity contribution is 5.55. The first-order valence-electron chi connectivity index (χ1n) is 9.15. The minimum Gasteiger partial charge on any atom is -0.388 e. The Morgan fingerprint density at radius 2 is 1.15 bits per heavy atom. The summed E-state index contributed by atoms with van der Waals surface area (Å²) in [5.41, 5.74) is 5.05. The lowest BCUT2D eigenvalue weighted by molar-refractivity contribution is 0.0850. The summed E-state index contributed by atoms with van der Waals surface area (Å²) in [7, 11) is 0. The van der Waals surface area contributed by atoms with Crippen molar-refractivity contribution in [2.75, 3.05) is 0 Å². The van der Waals surface area contributed by atoms with E-state index in [0.29, 0.717) is 11.5 Å². The van der Waals surface area contributed by atoms with Gasteiger partial charge >= 0.3 is 0 Å². The molecule has 2 aliphatic carbocycles. The highest BCUT2D eigenvalue weighted by atomic mass is 16.5. The molecule has 0 fully saturated rings. The first kappa shape index (κ1) is 17.4. The second-order valence-electron chi connectivity index (χ2n) is 8.71. The van der Waals surface area contributed by atoms with Gasteiger partial charge in [-0.2, -0.15) is 0 Å². The zero-order chi connectivity index (χ0) is 19.4. The molecule has 1 spiro atoms. The summed E-state index contributed by atoms with van der Waals surface area (Å²) in [6.07, 6.45) is 5.38. The predicted octanol–water partition coefficient (Wildman–Crippen LogP) is 4.76. The normalized spacial score (nSPS) is 19.6. The average Bonchev–Trinajstić information content (AvgIpc) is 2.97. The molecule has 0 amide bonds. The SMILES string of the molecule is CC1(C)c2ccc(OC#N)cc2CC12Cc1cc(OC#N)ccc1C2(C)C. The third-order valence-corrected chi connectivity index (χ3v) is 7.20. The number of benzene rings is 2. The van der Waals surface area contributed by atoms with Crippen LogP contribution in [0.3, 0.4) is 0 Å². The molecule has 2 aliphatic rings. The molecule has 27 heavy (non-hydrogen) atoms. The number of hydrogen-bond donors (Lipinski definition) is 0. The fraction of sp³-hybridized carbons (Fsp3) is 0.391. The van der Waals surface area contributed by atoms with E-state index in [4.69, 9.17) is 20.0 Å². The molecule has 2 aromatic rings. The van der Waals surface area contributed by atoms with Crippen molar-refractivity contribution in [2.45, 2.75) is 51.4 Å². The van der Waals surface area contributed by atoms with Crippen molar-refractivity contribution in [2.24, 2.45) is 5.41 Å². The smallest absolute Gasteiger partial charge is 0.292 e. The third kappa shape index (κ3) is 2.14. The molecule has 0 radical (unpaired) electrons. The van der Waals surface area contributed by atoms with Gasteiger partial charge in [0, 0.05) is 0 Å². The fourth-order valence-corrected chi connectivity index (χ4v) is 5.78. The van der Waals surface area contributed by atoms with Crippen molar-refractivity contribution < 1.29 is 9.47 Å². The summed E-state index contributed by atoms with van der Waals surface area (Å²) in [6, 6.07) is 12.0. The topological polar surface area (TPSA) is 66.0 Å². The molecule has 4 nitrogen and oxygen atoms in total. The Morgan fingerprint density at radius 3 is 1.52 bits per heavy atom. The Hall–Kier alpha value is -2.98. The van der Waals surface area contributed by atoms with Gasteiger partial charge in [-0.25, -0.2) is 0 Å². The molecule has 0 aromatic heterocycles. The molecular weight excluding hydrogens is 336 g/mol. The second kappa shape index (κ2) is 5.51. The standard InChI is InChI=1S/C23H22N2O2/c1-21(2)19-7-5-17(26-13-24)9-15(19)11-23(21)12-16-10-18(27-14-25)6-8-20(16)22(23,3)4/h5-10H,11-12H2,1-4H3. The summed E-state index contributed by atoms with van der Waals surface area (Å²) in [5.74, 6) is 1.20. The largest absolute Gasteiger partial charge is 0.388 e. The number of nitrogens with zero attached hydrogens (tertiary/aromatic N) is 2. The lowest BCUT2D eigenvalue weighted by Gasteiger charge is -2.49. The number of rotatable bonds is 2. The molecule has 0 saturated carbocycles. The molecule has 2 aromatic carbocycles. The van der Waals surface area contributed by atoms with Crippen molar-refractivity contribution in [3.05, 3.63) is 58.7 Å². The van der Waals surface area contributed by atoms with Crippen molar-refractivity contribution in [1.29, 1.82) is 10.5 Å². The van der Waals surface area contributed by atoms with E-state index in [2.05, 4.69) is 39.8 Å². The molecule has 0 saturated heterocycles. The second-order valence-corrected chi connectivity index (χ2v) is 8.71. The van der Waals surface area contributed by atoms with E-state index < -0.39 is 0 Å². The average molecular weight is 358 g/mol. The third-order valence-electron chi connectivity index (χ3n) is 7.20. The lowest BCUT2D eigenvalue weighted by Crippen LogP contribution is -2.49. The quantitative estimate of drug-likeness (QED) is 0.726. The molecule has 0 aliphatic heterocycles. The first-order chi connectivity index (χ1) is 12.8. The number of ether oxygens (including phenoxy) is 2. The van der Waals surface area contributed by atoms with E-state index in [0.717, 1.165) is 12.8 Å². The maximum Gasteiger partial charge on any atom is 0.292 e. The van der Waals surface area contributed by atoms with Crippen molar-refractivity contribution in [1.82, 2.24) is 0 Å². The fourth-order valence-electron chi connectivity index (χ4n) is 5.78. The predicted molar refractivity (Wildman–Crippen MR) is 101 cm³/mol. The molecular formula is C23H22N2O2. The van der Waals surface area contributed by atoms with Crippen molar-refractivity contribution >= 4 is 0 Å². The molecule has 0 bridgehead atoms. The van der Waals surface area contributed by atoms with Crippen LogP contribution in [0.4, 0.5) is 0 Å². The van der Waals surface area contributed by atoms with Crippen LogP contribution in [0.25, 0.3) is 0 Å². The van der Waals surface area contributed by atoms with Crippen molar-refractivity contribution in [3.63, 3.8) is 0 Å². The van der Waals surface area contributed by atoms with Gasteiger partial charge < -0.3 is 9.47 Å². The van der Waals surface area contributed by atoms with E-state index in [1.807, 2.05) is 24.3 Å². The maximum atomic E-state index is 8.84. The Bertz CT molecular complexity index is 938. The summed E-state index contributed by atoms with van der Waals surface area (Å²) < 4.78 is 10.1. The minimum absolute atomic E-state index is 0.00119. The van der Waals surface area contributed by atoms with Crippen LogP contribution < -0.4 is 9.47 Å². The molecule has 0 atom stereocenters. The van der Waals surface area contributed by atoms with Crippen LogP contribution in [-0.4, -0.2) is 0 Å². The Kier molecular flexibility index (Phi) is 3.56. The van der Waals surface area contributed by atoms with Crippen LogP contribution in [0, 0.1) is 28.4 Å². The van der Waals surface area contributed by atoms with E-state index in [1.54, 1.807) is 12.5 Å². The molecule has 136 valence electrons. The highest BCUT2D eigenvalue weighted by Crippen LogP contribution is 2.66.